The molecule has 0 unspecified atom stereocenters. The maximum Gasteiger partial charge on any atom is 0.416 e. The number of alkyl halides is 3. The first-order valence-electron chi connectivity index (χ1n) is 7.37. The average Bonchev–Trinajstić information content (AvgIpc) is 2.58. The van der Waals surface area contributed by atoms with Crippen molar-refractivity contribution < 1.29 is 18.0 Å². The van der Waals surface area contributed by atoms with Crippen molar-refractivity contribution in [2.24, 2.45) is 0 Å². The second-order valence-electron chi connectivity index (χ2n) is 5.40. The molecule has 1 amide bonds. The Hall–Kier alpha value is -2.82. The van der Waals surface area contributed by atoms with Crippen LogP contribution in [-0.4, -0.2) is 5.91 Å². The molecule has 2 nitrogen and oxygen atoms in total. The van der Waals surface area contributed by atoms with Crippen LogP contribution in [0.4, 0.5) is 13.2 Å². The lowest BCUT2D eigenvalue weighted by Crippen LogP contribution is -2.24. The molecule has 122 valence electrons. The van der Waals surface area contributed by atoms with Crippen molar-refractivity contribution in [2.45, 2.75) is 12.7 Å². The van der Waals surface area contributed by atoms with Gasteiger partial charge in [0.15, 0.2) is 0 Å². The van der Waals surface area contributed by atoms with Crippen molar-refractivity contribution in [3.63, 3.8) is 0 Å². The second-order valence-corrected chi connectivity index (χ2v) is 5.40. The summed E-state index contributed by atoms with van der Waals surface area (Å²) in [5.74, 6) is -0.405. The van der Waals surface area contributed by atoms with Gasteiger partial charge in [-0.2, -0.15) is 13.2 Å². The smallest absolute Gasteiger partial charge is 0.348 e. The summed E-state index contributed by atoms with van der Waals surface area (Å²) < 4.78 is 38.9. The van der Waals surface area contributed by atoms with Crippen molar-refractivity contribution in [1.82, 2.24) is 5.32 Å². The van der Waals surface area contributed by atoms with E-state index in [4.69, 9.17) is 0 Å². The Morgan fingerprint density at radius 2 is 1.54 bits per heavy atom. The van der Waals surface area contributed by atoms with Crippen molar-refractivity contribution in [1.29, 1.82) is 0 Å². The fourth-order valence-corrected chi connectivity index (χ4v) is 2.56. The lowest BCUT2D eigenvalue weighted by Gasteiger charge is -2.13. The van der Waals surface area contributed by atoms with E-state index in [1.54, 1.807) is 12.1 Å². The minimum absolute atomic E-state index is 0.0409. The van der Waals surface area contributed by atoms with Crippen LogP contribution >= 0.6 is 0 Å². The highest BCUT2D eigenvalue weighted by molar-refractivity contribution is 5.98. The molecule has 0 aliphatic carbocycles. The molecule has 0 bridgehead atoms. The van der Waals surface area contributed by atoms with Gasteiger partial charge in [-0.3, -0.25) is 4.79 Å². The summed E-state index contributed by atoms with van der Waals surface area (Å²) in [4.78, 5) is 12.2. The minimum Gasteiger partial charge on any atom is -0.348 e. The first kappa shape index (κ1) is 16.1. The van der Waals surface area contributed by atoms with Gasteiger partial charge in [0.25, 0.3) is 5.91 Å². The zero-order valence-corrected chi connectivity index (χ0v) is 12.6. The maximum absolute atomic E-state index is 13.0. The lowest BCUT2D eigenvalue weighted by molar-refractivity contribution is -0.138. The van der Waals surface area contributed by atoms with Crippen molar-refractivity contribution in [2.75, 3.05) is 0 Å². The third-order valence-electron chi connectivity index (χ3n) is 3.77. The van der Waals surface area contributed by atoms with E-state index in [-0.39, 0.29) is 12.1 Å². The number of fused-ring (bicyclic) bond motifs is 1. The van der Waals surface area contributed by atoms with Gasteiger partial charge in [0.2, 0.25) is 0 Å². The van der Waals surface area contributed by atoms with E-state index in [2.05, 4.69) is 5.32 Å². The Morgan fingerprint density at radius 1 is 0.875 bits per heavy atom. The van der Waals surface area contributed by atoms with Crippen molar-refractivity contribution in [3.05, 3.63) is 83.4 Å². The molecule has 0 radical (unpaired) electrons. The molecule has 0 aromatic heterocycles. The highest BCUT2D eigenvalue weighted by Crippen LogP contribution is 2.31. The molecule has 24 heavy (non-hydrogen) atoms. The van der Waals surface area contributed by atoms with E-state index in [1.165, 1.54) is 18.2 Å². The monoisotopic (exact) mass is 329 g/mol. The predicted octanol–water partition coefficient (Wildman–Crippen LogP) is 4.79. The molecule has 0 heterocycles. The largest absolute Gasteiger partial charge is 0.416 e. The van der Waals surface area contributed by atoms with Crippen LogP contribution in [-0.2, 0) is 12.7 Å². The number of hydrogen-bond acceptors (Lipinski definition) is 1. The quantitative estimate of drug-likeness (QED) is 0.735. The molecule has 0 saturated carbocycles. The van der Waals surface area contributed by atoms with Crippen LogP contribution in [0, 0.1) is 0 Å². The third-order valence-corrected chi connectivity index (χ3v) is 3.77. The van der Waals surface area contributed by atoms with E-state index >= 15 is 0 Å². The Labute approximate surface area is 136 Å². The lowest BCUT2D eigenvalue weighted by atomic mass is 10.1. The number of hydrogen-bond donors (Lipinski definition) is 1. The molecule has 0 atom stereocenters. The van der Waals surface area contributed by atoms with Gasteiger partial charge in [0.1, 0.15) is 0 Å². The van der Waals surface area contributed by atoms with Crippen LogP contribution in [0.2, 0.25) is 0 Å². The second kappa shape index (κ2) is 6.35. The van der Waals surface area contributed by atoms with Crippen molar-refractivity contribution >= 4 is 16.7 Å². The van der Waals surface area contributed by atoms with Crippen molar-refractivity contribution in [3.8, 4) is 0 Å². The van der Waals surface area contributed by atoms with Gasteiger partial charge in [0.05, 0.1) is 5.56 Å². The minimum atomic E-state index is -4.44. The van der Waals surface area contributed by atoms with E-state index < -0.39 is 17.6 Å². The normalized spacial score (nSPS) is 11.5. The maximum atomic E-state index is 13.0. The van der Waals surface area contributed by atoms with E-state index in [0.717, 1.165) is 16.8 Å². The molecule has 5 heteroatoms. The highest BCUT2D eigenvalue weighted by atomic mass is 19.4. The summed E-state index contributed by atoms with van der Waals surface area (Å²) in [5.41, 5.74) is -0.277. The van der Waals surface area contributed by atoms with Crippen LogP contribution in [0.3, 0.4) is 0 Å². The summed E-state index contributed by atoms with van der Waals surface area (Å²) >= 11 is 0. The molecule has 3 aromatic rings. The van der Waals surface area contributed by atoms with Crippen LogP contribution in [0.5, 0.6) is 0 Å². The average molecular weight is 329 g/mol. The first-order valence-corrected chi connectivity index (χ1v) is 7.37. The number of carbonyl (C=O) groups is 1. The van der Waals surface area contributed by atoms with Gasteiger partial charge in [-0.1, -0.05) is 48.5 Å². The fraction of sp³-hybridized carbons (Fsp3) is 0.105. The Morgan fingerprint density at radius 3 is 2.29 bits per heavy atom. The number of nitrogens with one attached hydrogen (secondary N) is 1. The summed E-state index contributed by atoms with van der Waals surface area (Å²) in [6, 6.07) is 18.0. The molecule has 3 rings (SSSR count). The molecular weight excluding hydrogens is 315 g/mol. The SMILES string of the molecule is O=C(NCc1ccccc1C(F)(F)F)c1ccc2ccccc2c1. The first-order chi connectivity index (χ1) is 11.4. The van der Waals surface area contributed by atoms with E-state index in [1.807, 2.05) is 30.3 Å². The zero-order chi connectivity index (χ0) is 17.2. The van der Waals surface area contributed by atoms with E-state index in [0.29, 0.717) is 5.56 Å². The summed E-state index contributed by atoms with van der Waals surface area (Å²) in [7, 11) is 0. The molecule has 0 aliphatic rings. The number of benzene rings is 3. The fourth-order valence-electron chi connectivity index (χ4n) is 2.56. The summed E-state index contributed by atoms with van der Waals surface area (Å²) in [6.45, 7) is -0.179. The molecule has 3 aromatic carbocycles. The Balaban J connectivity index is 1.78. The topological polar surface area (TPSA) is 29.1 Å². The van der Waals surface area contributed by atoms with Crippen LogP contribution in [0.25, 0.3) is 10.8 Å². The van der Waals surface area contributed by atoms with Crippen LogP contribution in [0.15, 0.2) is 66.7 Å². The highest BCUT2D eigenvalue weighted by Gasteiger charge is 2.32. The van der Waals surface area contributed by atoms with Crippen LogP contribution in [0.1, 0.15) is 21.5 Å². The van der Waals surface area contributed by atoms with Crippen LogP contribution < -0.4 is 5.32 Å². The molecule has 0 aliphatic heterocycles. The standard InChI is InChI=1S/C19H14F3NO/c20-19(21,22)17-8-4-3-7-16(17)12-23-18(24)15-10-9-13-5-1-2-6-14(13)11-15/h1-11H,12H2,(H,23,24). The van der Waals surface area contributed by atoms with Gasteiger partial charge in [-0.15, -0.1) is 0 Å². The molecule has 1 N–H and O–H groups in total. The van der Waals surface area contributed by atoms with Gasteiger partial charge in [-0.05, 0) is 34.5 Å². The van der Waals surface area contributed by atoms with Gasteiger partial charge in [0, 0.05) is 12.1 Å². The predicted molar refractivity (Wildman–Crippen MR) is 86.6 cm³/mol. The van der Waals surface area contributed by atoms with Gasteiger partial charge in [-0.25, -0.2) is 0 Å². The summed E-state index contributed by atoms with van der Waals surface area (Å²) in [6.07, 6.45) is -4.44. The Bertz CT molecular complexity index is 887. The molecule has 0 spiro atoms. The van der Waals surface area contributed by atoms with E-state index in [9.17, 15) is 18.0 Å². The molecule has 0 fully saturated rings. The zero-order valence-electron chi connectivity index (χ0n) is 12.6. The molecular formula is C19H14F3NO. The number of rotatable bonds is 3. The van der Waals surface area contributed by atoms with Gasteiger partial charge >= 0.3 is 6.18 Å². The Kier molecular flexibility index (Phi) is 4.25. The number of amides is 1. The number of carbonyl (C=O) groups excluding carboxylic acids is 1. The van der Waals surface area contributed by atoms with Gasteiger partial charge < -0.3 is 5.32 Å². The molecule has 0 saturated heterocycles. The number of halogens is 3. The third kappa shape index (κ3) is 3.40. The summed E-state index contributed by atoms with van der Waals surface area (Å²) in [5, 5.41) is 4.45.